The van der Waals surface area contributed by atoms with Gasteiger partial charge in [-0.3, -0.25) is 24.5 Å². The molecule has 1 unspecified atom stereocenters. The fourth-order valence-corrected chi connectivity index (χ4v) is 6.00. The van der Waals surface area contributed by atoms with Gasteiger partial charge in [0.15, 0.2) is 11.6 Å². The highest BCUT2D eigenvalue weighted by Crippen LogP contribution is 2.50. The largest absolute Gasteiger partial charge is 0.372 e. The van der Waals surface area contributed by atoms with Crippen LogP contribution in [0.3, 0.4) is 0 Å². The minimum Gasteiger partial charge on any atom is -0.372 e. The van der Waals surface area contributed by atoms with Crippen molar-refractivity contribution in [3.63, 3.8) is 0 Å². The molecule has 3 aliphatic heterocycles. The van der Waals surface area contributed by atoms with Gasteiger partial charge in [-0.25, -0.2) is 9.07 Å². The number of aromatic nitrogens is 3. The number of halogens is 1. The molecule has 3 aromatic rings. The highest BCUT2D eigenvalue weighted by Gasteiger charge is 2.62. The molecule has 2 saturated heterocycles. The molecule has 0 bridgehead atoms. The third-order valence-electron chi connectivity index (χ3n) is 7.45. The van der Waals surface area contributed by atoms with Crippen molar-refractivity contribution in [2.24, 2.45) is 5.41 Å². The average Bonchev–Trinajstić information content (AvgIpc) is 3.49. The number of ether oxygens (including phenoxy) is 1. The van der Waals surface area contributed by atoms with Crippen molar-refractivity contribution >= 4 is 40.2 Å². The van der Waals surface area contributed by atoms with Crippen molar-refractivity contribution < 1.29 is 32.8 Å². The number of carbonyl (C=O) groups is 4. The lowest BCUT2D eigenvalue weighted by molar-refractivity contribution is -0.158. The maximum atomic E-state index is 16.2. The summed E-state index contributed by atoms with van der Waals surface area (Å²) in [4.78, 5) is 52.4. The van der Waals surface area contributed by atoms with Crippen LogP contribution in [0.2, 0.25) is 0 Å². The van der Waals surface area contributed by atoms with E-state index in [1.807, 2.05) is 6.92 Å². The Morgan fingerprint density at radius 1 is 1.30 bits per heavy atom. The molecule has 0 aliphatic carbocycles. The average molecular weight is 510 g/mol. The summed E-state index contributed by atoms with van der Waals surface area (Å²) < 4.78 is 28.8. The Labute approximate surface area is 209 Å². The predicted molar refractivity (Wildman–Crippen MR) is 125 cm³/mol. The van der Waals surface area contributed by atoms with Crippen molar-refractivity contribution in [1.29, 1.82) is 0 Å². The third-order valence-corrected chi connectivity index (χ3v) is 7.45. The summed E-state index contributed by atoms with van der Waals surface area (Å²) in [5, 5.41) is 13.2. The molecular weight excluding hydrogens is 487 g/mol. The molecule has 1 aromatic carbocycles. The Kier molecular flexibility index (Phi) is 4.99. The molecule has 13 heteroatoms. The number of amides is 3. The summed E-state index contributed by atoms with van der Waals surface area (Å²) in [5.74, 6) is -2.81. The van der Waals surface area contributed by atoms with Gasteiger partial charge in [-0.2, -0.15) is 5.10 Å². The molecule has 192 valence electrons. The van der Waals surface area contributed by atoms with E-state index in [-0.39, 0.29) is 53.0 Å². The molecule has 37 heavy (non-hydrogen) atoms. The van der Waals surface area contributed by atoms with E-state index in [1.165, 1.54) is 24.1 Å². The van der Waals surface area contributed by atoms with Crippen LogP contribution in [0.25, 0.3) is 16.8 Å². The Hall–Kier alpha value is -4.13. The molecule has 12 nitrogen and oxygen atoms in total. The van der Waals surface area contributed by atoms with Crippen molar-refractivity contribution in [3.8, 4) is 5.82 Å². The minimum absolute atomic E-state index is 0.123. The summed E-state index contributed by atoms with van der Waals surface area (Å²) in [6, 6.07) is 0.799. The van der Waals surface area contributed by atoms with E-state index in [0.717, 1.165) is 0 Å². The van der Waals surface area contributed by atoms with E-state index >= 15 is 4.39 Å². The van der Waals surface area contributed by atoms with Crippen LogP contribution in [-0.2, 0) is 25.5 Å². The van der Waals surface area contributed by atoms with E-state index in [2.05, 4.69) is 20.9 Å². The zero-order valence-electron chi connectivity index (χ0n) is 20.2. The second-order valence-corrected chi connectivity index (χ2v) is 9.71. The lowest BCUT2D eigenvalue weighted by atomic mass is 9.63. The van der Waals surface area contributed by atoms with Crippen LogP contribution in [0.4, 0.5) is 10.1 Å². The van der Waals surface area contributed by atoms with Crippen molar-refractivity contribution in [2.45, 2.75) is 44.9 Å². The number of hydrogen-bond donors (Lipinski definition) is 2. The Balaban J connectivity index is 1.56. The summed E-state index contributed by atoms with van der Waals surface area (Å²) in [7, 11) is 1.49. The molecule has 1 spiro atoms. The van der Waals surface area contributed by atoms with Gasteiger partial charge in [-0.1, -0.05) is 5.16 Å². The number of ketones is 1. The second kappa shape index (κ2) is 7.93. The molecule has 4 atom stereocenters. The Bertz CT molecular complexity index is 1490. The molecule has 2 N–H and O–H groups in total. The number of anilines is 1. The molecule has 3 amide bonds. The van der Waals surface area contributed by atoms with Gasteiger partial charge in [0.1, 0.15) is 5.41 Å². The summed E-state index contributed by atoms with van der Waals surface area (Å²) >= 11 is 0. The van der Waals surface area contributed by atoms with Gasteiger partial charge >= 0.3 is 0 Å². The zero-order valence-corrected chi connectivity index (χ0v) is 20.2. The van der Waals surface area contributed by atoms with E-state index < -0.39 is 47.4 Å². The molecule has 6 rings (SSSR count). The lowest BCUT2D eigenvalue weighted by Crippen LogP contribution is -2.72. The predicted octanol–water partition coefficient (Wildman–Crippen LogP) is 0.653. The molecule has 5 heterocycles. The maximum Gasteiger partial charge on any atom is 0.254 e. The Morgan fingerprint density at radius 3 is 2.81 bits per heavy atom. The van der Waals surface area contributed by atoms with Gasteiger partial charge in [-0.15, -0.1) is 0 Å². The van der Waals surface area contributed by atoms with E-state index in [4.69, 9.17) is 9.26 Å². The number of morpholine rings is 1. The molecule has 3 aliphatic rings. The maximum absolute atomic E-state index is 16.2. The fourth-order valence-electron chi connectivity index (χ4n) is 6.00. The number of rotatable bonds is 2. The molecule has 0 radical (unpaired) electrons. The number of piperidine rings is 1. The number of Topliss-reactive ketones (excluding diaryl/α,β-unsaturated/α-hetero) is 1. The van der Waals surface area contributed by atoms with Crippen LogP contribution in [0.1, 0.15) is 36.2 Å². The SMILES string of the molecule is CNC(=O)c1cnn(-c2noc3c(F)c4c(cc23)CC2(C(=O)CC(=O)NC2=O)[C@H]2[C@H](C)O[C@H](C)CN42)c1. The van der Waals surface area contributed by atoms with E-state index in [1.54, 1.807) is 17.9 Å². The van der Waals surface area contributed by atoms with Crippen LogP contribution >= 0.6 is 0 Å². The van der Waals surface area contributed by atoms with Gasteiger partial charge in [-0.05, 0) is 31.9 Å². The summed E-state index contributed by atoms with van der Waals surface area (Å²) in [6.45, 7) is 3.78. The first-order chi connectivity index (χ1) is 17.6. The second-order valence-electron chi connectivity index (χ2n) is 9.71. The fraction of sp³-hybridized carbons (Fsp3) is 0.417. The van der Waals surface area contributed by atoms with Crippen molar-refractivity contribution in [1.82, 2.24) is 25.6 Å². The smallest absolute Gasteiger partial charge is 0.254 e. The first-order valence-corrected chi connectivity index (χ1v) is 11.8. The topological polar surface area (TPSA) is 149 Å². The van der Waals surface area contributed by atoms with Crippen molar-refractivity contribution in [3.05, 3.63) is 35.4 Å². The summed E-state index contributed by atoms with van der Waals surface area (Å²) in [6.07, 6.45) is 1.26. The van der Waals surface area contributed by atoms with Gasteiger partial charge in [0.2, 0.25) is 23.2 Å². The Morgan fingerprint density at radius 2 is 2.08 bits per heavy atom. The van der Waals surface area contributed by atoms with Gasteiger partial charge < -0.3 is 19.5 Å². The monoisotopic (exact) mass is 510 g/mol. The highest BCUT2D eigenvalue weighted by atomic mass is 19.1. The standard InChI is InChI=1S/C24H23FN6O6/c1-10-8-30-18-12(6-24(20(30)11(2)36-10)15(32)5-16(33)28-23(24)35)4-14-19(17(18)25)37-29-21(14)31-9-13(7-27-31)22(34)26-3/h4,7,9-11,20H,5-6,8H2,1-3H3,(H,26,34)(H,28,33,35)/t10-,11+,20-,24?/m1/s1. The third kappa shape index (κ3) is 3.16. The minimum atomic E-state index is -1.64. The van der Waals surface area contributed by atoms with Crippen LogP contribution in [0.15, 0.2) is 23.0 Å². The van der Waals surface area contributed by atoms with Crippen molar-refractivity contribution in [2.75, 3.05) is 18.5 Å². The lowest BCUT2D eigenvalue weighted by Gasteiger charge is -2.55. The van der Waals surface area contributed by atoms with E-state index in [9.17, 15) is 19.2 Å². The number of nitrogens with zero attached hydrogens (tertiary/aromatic N) is 4. The first kappa shape index (κ1) is 23.3. The quantitative estimate of drug-likeness (QED) is 0.374. The summed E-state index contributed by atoms with van der Waals surface area (Å²) in [5.41, 5.74) is -0.901. The van der Waals surface area contributed by atoms with Crippen LogP contribution in [0.5, 0.6) is 0 Å². The van der Waals surface area contributed by atoms with Gasteiger partial charge in [0, 0.05) is 19.8 Å². The zero-order chi connectivity index (χ0) is 26.2. The number of benzene rings is 1. The highest BCUT2D eigenvalue weighted by molar-refractivity contribution is 6.22. The van der Waals surface area contributed by atoms with Crippen LogP contribution < -0.4 is 15.5 Å². The number of imide groups is 1. The molecule has 2 fully saturated rings. The van der Waals surface area contributed by atoms with E-state index in [0.29, 0.717) is 5.56 Å². The number of fused-ring (bicyclic) bond motifs is 5. The normalized spacial score (nSPS) is 27.3. The van der Waals surface area contributed by atoms with Gasteiger partial charge in [0.05, 0.1) is 47.5 Å². The number of carbonyl (C=O) groups excluding carboxylic acids is 4. The van der Waals surface area contributed by atoms with Crippen LogP contribution in [0, 0.1) is 11.2 Å². The number of hydrogen-bond acceptors (Lipinski definition) is 9. The molecule has 0 saturated carbocycles. The van der Waals surface area contributed by atoms with Crippen LogP contribution in [-0.4, -0.2) is 70.3 Å². The number of nitrogens with one attached hydrogen (secondary N) is 2. The molecule has 2 aromatic heterocycles. The molecular formula is C24H23FN6O6. The van der Waals surface area contributed by atoms with Gasteiger partial charge in [0.25, 0.3) is 5.91 Å². The first-order valence-electron chi connectivity index (χ1n) is 11.8.